The van der Waals surface area contributed by atoms with Crippen LogP contribution in [0, 0.1) is 6.92 Å². The molecule has 4 amide bonds. The molecule has 168 valence electrons. The lowest BCUT2D eigenvalue weighted by Crippen LogP contribution is -2.46. The van der Waals surface area contributed by atoms with Crippen LogP contribution >= 0.6 is 0 Å². The average molecular weight is 437 g/mol. The van der Waals surface area contributed by atoms with E-state index in [4.69, 9.17) is 4.74 Å². The third-order valence-electron chi connectivity index (χ3n) is 5.07. The fourth-order valence-corrected chi connectivity index (χ4v) is 3.44. The van der Waals surface area contributed by atoms with Crippen molar-refractivity contribution in [1.82, 2.24) is 10.2 Å². The average Bonchev–Trinajstić information content (AvgIpc) is 2.71. The molecule has 1 heterocycles. The van der Waals surface area contributed by atoms with Crippen LogP contribution in [0.15, 0.2) is 59.8 Å². The van der Waals surface area contributed by atoms with Crippen LogP contribution in [-0.2, 0) is 9.53 Å². The number of nitrogens with zero attached hydrogens (tertiary/aromatic N) is 1. The number of hydrogen-bond donors (Lipinski definition) is 3. The van der Waals surface area contributed by atoms with E-state index in [1.54, 1.807) is 58.2 Å². The first-order chi connectivity index (χ1) is 15.2. The number of carbonyl (C=O) groups is 3. The zero-order chi connectivity index (χ0) is 23.4. The molecule has 32 heavy (non-hydrogen) atoms. The Morgan fingerprint density at radius 3 is 2.28 bits per heavy atom. The first-order valence-corrected chi connectivity index (χ1v) is 10.4. The fourth-order valence-electron chi connectivity index (χ4n) is 3.44. The molecule has 1 aliphatic heterocycles. The van der Waals surface area contributed by atoms with Crippen LogP contribution in [-0.4, -0.2) is 36.1 Å². The van der Waals surface area contributed by atoms with Crippen LogP contribution in [0.5, 0.6) is 0 Å². The number of esters is 1. The summed E-state index contributed by atoms with van der Waals surface area (Å²) >= 11 is 0. The third kappa shape index (κ3) is 5.26. The normalized spacial score (nSPS) is 16.0. The van der Waals surface area contributed by atoms with Gasteiger partial charge in [-0.05, 0) is 63.1 Å². The van der Waals surface area contributed by atoms with E-state index in [1.165, 1.54) is 4.90 Å². The Morgan fingerprint density at radius 2 is 1.66 bits per heavy atom. The van der Waals surface area contributed by atoms with Crippen LogP contribution in [0.2, 0.25) is 0 Å². The van der Waals surface area contributed by atoms with E-state index < -0.39 is 18.0 Å². The van der Waals surface area contributed by atoms with Gasteiger partial charge in [0.15, 0.2) is 0 Å². The molecule has 2 aromatic carbocycles. The van der Waals surface area contributed by atoms with Crippen molar-refractivity contribution in [3.8, 4) is 0 Å². The maximum Gasteiger partial charge on any atom is 0.338 e. The first-order valence-electron chi connectivity index (χ1n) is 10.4. The summed E-state index contributed by atoms with van der Waals surface area (Å²) in [6.07, 6.45) is -0.301. The Hall–Kier alpha value is -3.81. The highest BCUT2D eigenvalue weighted by molar-refractivity contribution is 6.00. The summed E-state index contributed by atoms with van der Waals surface area (Å²) in [6.45, 7) is 7.19. The van der Waals surface area contributed by atoms with Gasteiger partial charge in [0, 0.05) is 24.1 Å². The highest BCUT2D eigenvalue weighted by atomic mass is 16.5. The molecule has 0 spiro atoms. The Balaban J connectivity index is 1.85. The van der Waals surface area contributed by atoms with Crippen molar-refractivity contribution in [2.24, 2.45) is 0 Å². The van der Waals surface area contributed by atoms with Gasteiger partial charge in [-0.3, -0.25) is 0 Å². The third-order valence-corrected chi connectivity index (χ3v) is 5.07. The molecule has 2 aromatic rings. The maximum atomic E-state index is 12.8. The Kier molecular flexibility index (Phi) is 6.82. The quantitative estimate of drug-likeness (QED) is 0.598. The van der Waals surface area contributed by atoms with Gasteiger partial charge in [0.2, 0.25) is 0 Å². The molecule has 1 atom stereocenters. The van der Waals surface area contributed by atoms with Crippen molar-refractivity contribution in [2.45, 2.75) is 39.8 Å². The van der Waals surface area contributed by atoms with Gasteiger partial charge in [-0.2, -0.15) is 0 Å². The van der Waals surface area contributed by atoms with Gasteiger partial charge in [0.1, 0.15) is 0 Å². The molecule has 0 saturated heterocycles. The van der Waals surface area contributed by atoms with E-state index in [1.807, 2.05) is 25.1 Å². The second-order valence-corrected chi connectivity index (χ2v) is 7.97. The minimum atomic E-state index is -0.702. The molecule has 0 bridgehead atoms. The summed E-state index contributed by atoms with van der Waals surface area (Å²) in [6, 6.07) is 13.0. The summed E-state index contributed by atoms with van der Waals surface area (Å²) in [7, 11) is 1.59. The molecule has 0 aromatic heterocycles. The van der Waals surface area contributed by atoms with Gasteiger partial charge in [-0.1, -0.05) is 24.3 Å². The molecular weight excluding hydrogens is 408 g/mol. The number of anilines is 2. The van der Waals surface area contributed by atoms with Gasteiger partial charge in [0.25, 0.3) is 0 Å². The van der Waals surface area contributed by atoms with Gasteiger partial charge >= 0.3 is 18.0 Å². The van der Waals surface area contributed by atoms with Crippen LogP contribution in [0.1, 0.15) is 37.9 Å². The van der Waals surface area contributed by atoms with E-state index in [-0.39, 0.29) is 12.1 Å². The van der Waals surface area contributed by atoms with Crippen molar-refractivity contribution in [3.63, 3.8) is 0 Å². The Bertz CT molecular complexity index is 1080. The smallest absolute Gasteiger partial charge is 0.338 e. The monoisotopic (exact) mass is 436 g/mol. The number of rotatable bonds is 5. The lowest BCUT2D eigenvalue weighted by atomic mass is 9.94. The van der Waals surface area contributed by atoms with E-state index in [9.17, 15) is 14.4 Å². The number of nitrogens with one attached hydrogen (secondary N) is 3. The predicted octanol–water partition coefficient (Wildman–Crippen LogP) is 4.56. The Labute approximate surface area is 187 Å². The molecule has 8 nitrogen and oxygen atoms in total. The summed E-state index contributed by atoms with van der Waals surface area (Å²) in [4.78, 5) is 39.1. The SMILES string of the molecule is CC1=C(C(=O)OC(C)C)[C@@H](c2cccc(NC(=O)Nc3cccc(C)c3)c2)NC(=O)N1C. The van der Waals surface area contributed by atoms with Crippen molar-refractivity contribution >= 4 is 29.4 Å². The topological polar surface area (TPSA) is 99.8 Å². The number of benzene rings is 2. The molecule has 0 unspecified atom stereocenters. The molecule has 1 aliphatic rings. The minimum Gasteiger partial charge on any atom is -0.459 e. The fraction of sp³-hybridized carbons (Fsp3) is 0.292. The molecule has 0 aliphatic carbocycles. The van der Waals surface area contributed by atoms with Crippen LogP contribution < -0.4 is 16.0 Å². The largest absolute Gasteiger partial charge is 0.459 e. The first kappa shape index (κ1) is 22.9. The summed E-state index contributed by atoms with van der Waals surface area (Å²) < 4.78 is 5.41. The molecule has 3 N–H and O–H groups in total. The molecule has 3 rings (SSSR count). The molecule has 0 saturated carbocycles. The predicted molar refractivity (Wildman–Crippen MR) is 123 cm³/mol. The van der Waals surface area contributed by atoms with Crippen LogP contribution in [0.25, 0.3) is 0 Å². The molecule has 8 heteroatoms. The van der Waals surface area contributed by atoms with Crippen molar-refractivity contribution in [1.29, 1.82) is 0 Å². The number of hydrogen-bond acceptors (Lipinski definition) is 4. The summed E-state index contributed by atoms with van der Waals surface area (Å²) in [5.74, 6) is -0.495. The van der Waals surface area contributed by atoms with Crippen molar-refractivity contribution in [3.05, 3.63) is 70.9 Å². The number of amides is 4. The van der Waals surface area contributed by atoms with Crippen molar-refractivity contribution in [2.75, 3.05) is 17.7 Å². The second kappa shape index (κ2) is 9.55. The molecule has 0 fully saturated rings. The highest BCUT2D eigenvalue weighted by Crippen LogP contribution is 2.32. The zero-order valence-electron chi connectivity index (χ0n) is 18.9. The standard InChI is InChI=1S/C24H28N4O4/c1-14(2)32-22(29)20-16(4)28(5)24(31)27-21(20)17-9-7-11-19(13-17)26-23(30)25-18-10-6-8-15(3)12-18/h6-14,21H,1-5H3,(H,27,31)(H2,25,26,30)/t21-/m1/s1. The number of urea groups is 2. The zero-order valence-corrected chi connectivity index (χ0v) is 18.9. The van der Waals surface area contributed by atoms with Crippen LogP contribution in [0.3, 0.4) is 0 Å². The van der Waals surface area contributed by atoms with E-state index >= 15 is 0 Å². The lowest BCUT2D eigenvalue weighted by Gasteiger charge is -2.33. The number of carbonyl (C=O) groups excluding carboxylic acids is 3. The van der Waals surface area contributed by atoms with Gasteiger partial charge in [0.05, 0.1) is 17.7 Å². The number of aryl methyl sites for hydroxylation is 1. The van der Waals surface area contributed by atoms with Crippen molar-refractivity contribution < 1.29 is 19.1 Å². The van der Waals surface area contributed by atoms with E-state index in [2.05, 4.69) is 16.0 Å². The van der Waals surface area contributed by atoms with Gasteiger partial charge < -0.3 is 25.6 Å². The maximum absolute atomic E-state index is 12.8. The minimum absolute atomic E-state index is 0.301. The van der Waals surface area contributed by atoms with E-state index in [0.29, 0.717) is 28.2 Å². The van der Waals surface area contributed by atoms with Crippen LogP contribution in [0.4, 0.5) is 21.0 Å². The van der Waals surface area contributed by atoms with Gasteiger partial charge in [-0.25, -0.2) is 14.4 Å². The number of ether oxygens (including phenoxy) is 1. The summed E-state index contributed by atoms with van der Waals surface area (Å²) in [5.41, 5.74) is 3.75. The molecule has 0 radical (unpaired) electrons. The lowest BCUT2D eigenvalue weighted by molar-refractivity contribution is -0.143. The highest BCUT2D eigenvalue weighted by Gasteiger charge is 2.35. The second-order valence-electron chi connectivity index (χ2n) is 7.97. The molecular formula is C24H28N4O4. The Morgan fingerprint density at radius 1 is 1.03 bits per heavy atom. The van der Waals surface area contributed by atoms with E-state index in [0.717, 1.165) is 5.56 Å². The summed E-state index contributed by atoms with van der Waals surface area (Å²) in [5, 5.41) is 8.42. The van der Waals surface area contributed by atoms with Gasteiger partial charge in [-0.15, -0.1) is 0 Å². The number of allylic oxidation sites excluding steroid dienone is 1.